The fourth-order valence-electron chi connectivity index (χ4n) is 2.89. The predicted octanol–water partition coefficient (Wildman–Crippen LogP) is 6.01. The van der Waals surface area contributed by atoms with Crippen LogP contribution >= 0.6 is 0 Å². The first-order chi connectivity index (χ1) is 13.6. The Balaban J connectivity index is 0. The third-order valence-corrected chi connectivity index (χ3v) is 4.54. The molecule has 0 fully saturated rings. The van der Waals surface area contributed by atoms with Gasteiger partial charge in [0.2, 0.25) is 0 Å². The summed E-state index contributed by atoms with van der Waals surface area (Å²) >= 11 is 0. The first-order valence-electron chi connectivity index (χ1n) is 11.3. The highest BCUT2D eigenvalue weighted by Gasteiger charge is 2.01. The summed E-state index contributed by atoms with van der Waals surface area (Å²) in [6.07, 6.45) is 21.5. The van der Waals surface area contributed by atoms with Gasteiger partial charge in [0.25, 0.3) is 0 Å². The molecule has 0 aliphatic rings. The smallest absolute Gasteiger partial charge is 0.327 e. The molecule has 3 N–H and O–H groups in total. The highest BCUT2D eigenvalue weighted by molar-refractivity contribution is 5.78. The Hall–Kier alpha value is -1.36. The maximum Gasteiger partial charge on any atom is 0.327 e. The molecule has 0 amide bonds. The molecule has 0 aromatic rings. The van der Waals surface area contributed by atoms with Gasteiger partial charge in [-0.1, -0.05) is 103 Å². The summed E-state index contributed by atoms with van der Waals surface area (Å²) in [4.78, 5) is 20.5. The van der Waals surface area contributed by atoms with Crippen molar-refractivity contribution < 1.29 is 19.4 Å². The number of carboxylic acids is 1. The number of rotatable bonds is 19. The Labute approximate surface area is 173 Å². The van der Waals surface area contributed by atoms with E-state index in [1.54, 1.807) is 0 Å². The van der Waals surface area contributed by atoms with Gasteiger partial charge in [0.1, 0.15) is 6.61 Å². The van der Waals surface area contributed by atoms with Crippen molar-refractivity contribution in [3.8, 4) is 0 Å². The maximum atomic E-state index is 11.3. The van der Waals surface area contributed by atoms with Crippen molar-refractivity contribution in [1.82, 2.24) is 0 Å². The molecule has 166 valence electrons. The van der Waals surface area contributed by atoms with Crippen molar-refractivity contribution in [3.63, 3.8) is 0 Å². The molecule has 0 atom stereocenters. The van der Waals surface area contributed by atoms with Crippen LogP contribution < -0.4 is 5.73 Å². The van der Waals surface area contributed by atoms with E-state index in [1.165, 1.54) is 83.5 Å². The number of hydrogen-bond donors (Lipinski definition) is 2. The molecular weight excluding hydrogens is 354 g/mol. The molecular formula is C23H45NO4. The second kappa shape index (κ2) is 25.6. The number of esters is 1. The maximum absolute atomic E-state index is 11.3. The molecule has 0 heterocycles. The Morgan fingerprint density at radius 2 is 1.18 bits per heavy atom. The van der Waals surface area contributed by atoms with Gasteiger partial charge in [0.05, 0.1) is 0 Å². The fourth-order valence-corrected chi connectivity index (χ4v) is 2.89. The molecule has 0 saturated heterocycles. The van der Waals surface area contributed by atoms with E-state index < -0.39 is 5.97 Å². The van der Waals surface area contributed by atoms with E-state index in [-0.39, 0.29) is 5.97 Å². The van der Waals surface area contributed by atoms with Crippen LogP contribution in [0.5, 0.6) is 0 Å². The number of carbonyl (C=O) groups is 2. The highest BCUT2D eigenvalue weighted by Crippen LogP contribution is 2.13. The number of unbranched alkanes of at least 4 members (excludes halogenated alkanes) is 14. The third-order valence-electron chi connectivity index (χ3n) is 4.54. The Kier molecular flexibility index (Phi) is 26.4. The number of hydrogen-bond acceptors (Lipinski definition) is 4. The summed E-state index contributed by atoms with van der Waals surface area (Å²) in [6.45, 7) is 6.02. The monoisotopic (exact) mass is 399 g/mol. The lowest BCUT2D eigenvalue weighted by Crippen LogP contribution is -2.13. The van der Waals surface area contributed by atoms with E-state index in [2.05, 4.69) is 13.5 Å². The molecule has 0 spiro atoms. The lowest BCUT2D eigenvalue weighted by atomic mass is 10.0. The normalized spacial score (nSPS) is 10.1. The van der Waals surface area contributed by atoms with Crippen molar-refractivity contribution in [3.05, 3.63) is 12.7 Å². The van der Waals surface area contributed by atoms with E-state index in [9.17, 15) is 9.59 Å². The minimum atomic E-state index is -0.981. The average molecular weight is 400 g/mol. The number of nitrogens with two attached hydrogens (primary N) is 1. The van der Waals surface area contributed by atoms with E-state index in [0.29, 0.717) is 19.6 Å². The Bertz CT molecular complexity index is 359. The summed E-state index contributed by atoms with van der Waals surface area (Å²) < 4.78 is 4.95. The van der Waals surface area contributed by atoms with Gasteiger partial charge in [-0.15, -0.1) is 0 Å². The van der Waals surface area contributed by atoms with E-state index in [4.69, 9.17) is 15.6 Å². The standard InChI is InChI=1S/C20H41NO2.C3H4O2/c1-2-3-4-5-6-7-8-9-10-11-12-13-14-15-16-17-20(22)23-19-18-21;1-2-3(4)5/h2-19,21H2,1H3;2H,1H2,(H,4,5). The van der Waals surface area contributed by atoms with Crippen LogP contribution in [0.3, 0.4) is 0 Å². The van der Waals surface area contributed by atoms with Gasteiger partial charge in [-0.2, -0.15) is 0 Å². The Morgan fingerprint density at radius 3 is 1.50 bits per heavy atom. The third kappa shape index (κ3) is 29.4. The van der Waals surface area contributed by atoms with Gasteiger partial charge < -0.3 is 15.6 Å². The van der Waals surface area contributed by atoms with Gasteiger partial charge >= 0.3 is 11.9 Å². The second-order valence-corrected chi connectivity index (χ2v) is 7.25. The number of carbonyl (C=O) groups excluding carboxylic acids is 1. The quantitative estimate of drug-likeness (QED) is 0.158. The summed E-state index contributed by atoms with van der Waals surface area (Å²) in [5.41, 5.74) is 5.29. The highest BCUT2D eigenvalue weighted by atomic mass is 16.5. The minimum absolute atomic E-state index is 0.0925. The van der Waals surface area contributed by atoms with E-state index in [1.807, 2.05) is 0 Å². The molecule has 0 unspecified atom stereocenters. The molecule has 0 radical (unpaired) electrons. The van der Waals surface area contributed by atoms with Gasteiger partial charge in [0.15, 0.2) is 0 Å². The van der Waals surface area contributed by atoms with Gasteiger partial charge in [0, 0.05) is 19.0 Å². The first-order valence-corrected chi connectivity index (χ1v) is 11.3. The van der Waals surface area contributed by atoms with E-state index in [0.717, 1.165) is 18.9 Å². The molecule has 0 aliphatic carbocycles. The zero-order valence-electron chi connectivity index (χ0n) is 18.3. The molecule has 0 aliphatic heterocycles. The van der Waals surface area contributed by atoms with Gasteiger partial charge in [-0.05, 0) is 6.42 Å². The largest absolute Gasteiger partial charge is 0.478 e. The fraction of sp³-hybridized carbons (Fsp3) is 0.826. The zero-order chi connectivity index (χ0) is 21.3. The molecule has 0 aromatic heterocycles. The van der Waals surface area contributed by atoms with Crippen LogP contribution in [0.1, 0.15) is 110 Å². The summed E-state index contributed by atoms with van der Waals surface area (Å²) in [6, 6.07) is 0. The topological polar surface area (TPSA) is 89.6 Å². The molecule has 5 heteroatoms. The van der Waals surface area contributed by atoms with Crippen molar-refractivity contribution >= 4 is 11.9 Å². The van der Waals surface area contributed by atoms with Gasteiger partial charge in [-0.25, -0.2) is 4.79 Å². The number of aliphatic carboxylic acids is 1. The van der Waals surface area contributed by atoms with Crippen LogP contribution in [0, 0.1) is 0 Å². The van der Waals surface area contributed by atoms with Crippen LogP contribution in [-0.4, -0.2) is 30.2 Å². The van der Waals surface area contributed by atoms with Crippen LogP contribution in [0.4, 0.5) is 0 Å². The van der Waals surface area contributed by atoms with Crippen molar-refractivity contribution in [2.75, 3.05) is 13.2 Å². The lowest BCUT2D eigenvalue weighted by molar-refractivity contribution is -0.143. The van der Waals surface area contributed by atoms with Crippen molar-refractivity contribution in [2.24, 2.45) is 5.73 Å². The summed E-state index contributed by atoms with van der Waals surface area (Å²) in [5.74, 6) is -1.07. The van der Waals surface area contributed by atoms with Crippen LogP contribution in [0.2, 0.25) is 0 Å². The second-order valence-electron chi connectivity index (χ2n) is 7.25. The SMILES string of the molecule is C=CC(=O)O.CCCCCCCCCCCCCCCCCC(=O)OCCN. The van der Waals surface area contributed by atoms with Crippen LogP contribution in [0.25, 0.3) is 0 Å². The Morgan fingerprint density at radius 1 is 0.821 bits per heavy atom. The average Bonchev–Trinajstić information content (AvgIpc) is 2.69. The molecule has 5 nitrogen and oxygen atoms in total. The molecule has 0 bridgehead atoms. The number of ether oxygens (including phenoxy) is 1. The summed E-state index contributed by atoms with van der Waals surface area (Å²) in [7, 11) is 0. The molecule has 0 saturated carbocycles. The zero-order valence-corrected chi connectivity index (χ0v) is 18.3. The number of carboxylic acid groups (broad SMARTS) is 1. The van der Waals surface area contributed by atoms with Gasteiger partial charge in [-0.3, -0.25) is 4.79 Å². The van der Waals surface area contributed by atoms with Crippen LogP contribution in [-0.2, 0) is 14.3 Å². The molecule has 0 aromatic carbocycles. The molecule has 0 rings (SSSR count). The lowest BCUT2D eigenvalue weighted by Gasteiger charge is -2.04. The molecule has 28 heavy (non-hydrogen) atoms. The summed E-state index contributed by atoms with van der Waals surface area (Å²) in [5, 5.41) is 7.60. The van der Waals surface area contributed by atoms with Crippen molar-refractivity contribution in [1.29, 1.82) is 0 Å². The van der Waals surface area contributed by atoms with Crippen molar-refractivity contribution in [2.45, 2.75) is 110 Å². The van der Waals surface area contributed by atoms with Crippen LogP contribution in [0.15, 0.2) is 12.7 Å². The van der Waals surface area contributed by atoms with E-state index >= 15 is 0 Å². The first kappa shape index (κ1) is 28.8. The predicted molar refractivity (Wildman–Crippen MR) is 117 cm³/mol. The minimum Gasteiger partial charge on any atom is -0.478 e.